The van der Waals surface area contributed by atoms with Gasteiger partial charge in [-0.1, -0.05) is 11.8 Å². The first-order chi connectivity index (χ1) is 12.8. The topological polar surface area (TPSA) is 135 Å². The molecule has 0 aliphatic carbocycles. The number of carbonyl (C=O) groups excluding carboxylic acids is 1. The molecule has 1 aromatic carbocycles. The Hall–Kier alpha value is -3.57. The number of nitriles is 2. The number of nitrogens with two attached hydrogens (primary N) is 1. The number of thioether (sulfide) groups is 1. The highest BCUT2D eigenvalue weighted by Crippen LogP contribution is 2.42. The van der Waals surface area contributed by atoms with Crippen LogP contribution in [0.15, 0.2) is 29.3 Å². The Morgan fingerprint density at radius 2 is 1.93 bits per heavy atom. The van der Waals surface area contributed by atoms with Gasteiger partial charge in [-0.25, -0.2) is 4.98 Å². The number of aromatic amines is 1. The number of anilines is 2. The third kappa shape index (κ3) is 3.99. The van der Waals surface area contributed by atoms with Crippen molar-refractivity contribution in [1.29, 1.82) is 10.5 Å². The summed E-state index contributed by atoms with van der Waals surface area (Å²) in [5, 5.41) is 20.9. The van der Waals surface area contributed by atoms with Crippen LogP contribution in [-0.2, 0) is 4.79 Å². The van der Waals surface area contributed by atoms with Crippen molar-refractivity contribution in [1.82, 2.24) is 0 Å². The van der Waals surface area contributed by atoms with Gasteiger partial charge in [-0.05, 0) is 18.2 Å². The van der Waals surface area contributed by atoms with Gasteiger partial charge in [-0.2, -0.15) is 10.5 Å². The standard InChI is InChI=1S/C16H9F2N5O3S/c17-16(18)25-11-2-1-10(4-12(11)26-16)22-13(24)7-27-15-9(6-20)3-8(5-19)14(21)23-15/h1-4H,7H2,(H2,21,23)(H,22,24)/p+1. The maximum Gasteiger partial charge on any atom is 0.586 e. The number of pyridine rings is 1. The number of ether oxygens (including phenoxy) is 2. The molecule has 2 aromatic rings. The molecule has 2 heterocycles. The molecule has 4 N–H and O–H groups in total. The van der Waals surface area contributed by atoms with Gasteiger partial charge < -0.3 is 14.8 Å². The van der Waals surface area contributed by atoms with Gasteiger partial charge >= 0.3 is 6.29 Å². The number of H-pyrrole nitrogens is 1. The number of hydrogen-bond donors (Lipinski definition) is 2. The zero-order chi connectivity index (χ0) is 19.6. The minimum Gasteiger partial charge on any atom is -0.395 e. The molecule has 1 aliphatic heterocycles. The summed E-state index contributed by atoms with van der Waals surface area (Å²) >= 11 is 1.00. The second-order valence-electron chi connectivity index (χ2n) is 5.23. The first kappa shape index (κ1) is 18.2. The predicted octanol–water partition coefficient (Wildman–Crippen LogP) is 1.88. The van der Waals surface area contributed by atoms with Gasteiger partial charge in [0.05, 0.1) is 5.75 Å². The molecule has 1 aliphatic rings. The molecule has 3 rings (SSSR count). The average Bonchev–Trinajstić information content (AvgIpc) is 2.93. The van der Waals surface area contributed by atoms with Gasteiger partial charge in [0, 0.05) is 11.8 Å². The molecule has 0 spiro atoms. The van der Waals surface area contributed by atoms with E-state index in [1.165, 1.54) is 24.3 Å². The van der Waals surface area contributed by atoms with Gasteiger partial charge in [0.15, 0.2) is 16.5 Å². The van der Waals surface area contributed by atoms with Crippen LogP contribution in [0, 0.1) is 22.7 Å². The van der Waals surface area contributed by atoms with Crippen molar-refractivity contribution in [3.63, 3.8) is 0 Å². The largest absolute Gasteiger partial charge is 0.586 e. The Morgan fingerprint density at radius 1 is 1.22 bits per heavy atom. The number of hydrogen-bond acceptors (Lipinski definition) is 7. The number of amides is 1. The van der Waals surface area contributed by atoms with Crippen LogP contribution in [-0.4, -0.2) is 18.0 Å². The van der Waals surface area contributed by atoms with Crippen LogP contribution in [0.2, 0.25) is 0 Å². The lowest BCUT2D eigenvalue weighted by atomic mass is 10.2. The van der Waals surface area contributed by atoms with E-state index < -0.39 is 12.2 Å². The number of nitrogen functional groups attached to an aromatic ring is 1. The summed E-state index contributed by atoms with van der Waals surface area (Å²) in [4.78, 5) is 14.8. The van der Waals surface area contributed by atoms with Crippen LogP contribution in [0.3, 0.4) is 0 Å². The van der Waals surface area contributed by atoms with Crippen molar-refractivity contribution in [3.8, 4) is 23.6 Å². The molecular formula is C16H10F2N5O3S+. The maximum atomic E-state index is 13.0. The van der Waals surface area contributed by atoms with Gasteiger partial charge in [-0.3, -0.25) is 10.5 Å². The molecule has 0 fully saturated rings. The van der Waals surface area contributed by atoms with Crippen molar-refractivity contribution >= 4 is 29.2 Å². The third-order valence-corrected chi connectivity index (χ3v) is 4.36. The molecule has 0 bridgehead atoms. The first-order valence-corrected chi connectivity index (χ1v) is 8.28. The second-order valence-corrected chi connectivity index (χ2v) is 6.21. The number of aromatic nitrogens is 1. The zero-order valence-corrected chi connectivity index (χ0v) is 14.2. The van der Waals surface area contributed by atoms with E-state index in [9.17, 15) is 13.6 Å². The zero-order valence-electron chi connectivity index (χ0n) is 13.4. The van der Waals surface area contributed by atoms with Gasteiger partial charge in [-0.15, -0.1) is 8.78 Å². The monoisotopic (exact) mass is 390 g/mol. The van der Waals surface area contributed by atoms with Crippen LogP contribution in [0.4, 0.5) is 20.3 Å². The molecule has 27 heavy (non-hydrogen) atoms. The summed E-state index contributed by atoms with van der Waals surface area (Å²) in [5.41, 5.74) is 6.20. The van der Waals surface area contributed by atoms with Crippen LogP contribution in [0.5, 0.6) is 11.5 Å². The fourth-order valence-electron chi connectivity index (χ4n) is 2.20. The van der Waals surface area contributed by atoms with Crippen molar-refractivity contribution in [2.24, 2.45) is 0 Å². The number of nitrogens with one attached hydrogen (secondary N) is 2. The number of benzene rings is 1. The third-order valence-electron chi connectivity index (χ3n) is 3.35. The lowest BCUT2D eigenvalue weighted by molar-refractivity contribution is -0.410. The predicted molar refractivity (Wildman–Crippen MR) is 88.8 cm³/mol. The Morgan fingerprint density at radius 3 is 2.63 bits per heavy atom. The number of alkyl halides is 2. The molecule has 136 valence electrons. The second kappa shape index (κ2) is 6.97. The van der Waals surface area contributed by atoms with Crippen molar-refractivity contribution in [2.45, 2.75) is 11.3 Å². The van der Waals surface area contributed by atoms with Gasteiger partial charge in [0.2, 0.25) is 5.91 Å². The van der Waals surface area contributed by atoms with E-state index in [2.05, 4.69) is 19.8 Å². The van der Waals surface area contributed by atoms with E-state index in [1.54, 1.807) is 0 Å². The summed E-state index contributed by atoms with van der Waals surface area (Å²) in [6.45, 7) is 0. The molecule has 1 aromatic heterocycles. The van der Waals surface area contributed by atoms with E-state index in [-0.39, 0.29) is 39.9 Å². The van der Waals surface area contributed by atoms with Gasteiger partial charge in [0.1, 0.15) is 23.3 Å². The molecule has 1 amide bonds. The average molecular weight is 390 g/mol. The molecular weight excluding hydrogens is 380 g/mol. The lowest BCUT2D eigenvalue weighted by Crippen LogP contribution is -2.25. The molecule has 8 nitrogen and oxygen atoms in total. The van der Waals surface area contributed by atoms with Crippen molar-refractivity contribution in [3.05, 3.63) is 35.4 Å². The van der Waals surface area contributed by atoms with Crippen molar-refractivity contribution < 1.29 is 28.0 Å². The summed E-state index contributed by atoms with van der Waals surface area (Å²) in [6, 6.07) is 8.94. The maximum absolute atomic E-state index is 13.0. The van der Waals surface area contributed by atoms with E-state index in [1.807, 2.05) is 12.1 Å². The van der Waals surface area contributed by atoms with Gasteiger partial charge in [0.25, 0.3) is 5.82 Å². The summed E-state index contributed by atoms with van der Waals surface area (Å²) in [6.07, 6.45) is -3.74. The number of fused-ring (bicyclic) bond motifs is 1. The summed E-state index contributed by atoms with van der Waals surface area (Å²) < 4.78 is 34.6. The van der Waals surface area contributed by atoms with E-state index in [0.717, 1.165) is 11.8 Å². The molecule has 0 saturated carbocycles. The fourth-order valence-corrected chi connectivity index (χ4v) is 2.99. The van der Waals surface area contributed by atoms with E-state index >= 15 is 0 Å². The van der Waals surface area contributed by atoms with Crippen LogP contribution in [0.25, 0.3) is 0 Å². The minimum absolute atomic E-state index is 0.0797. The highest BCUT2D eigenvalue weighted by Gasteiger charge is 2.43. The Labute approximate surface area is 155 Å². The number of rotatable bonds is 4. The lowest BCUT2D eigenvalue weighted by Gasteiger charge is -2.06. The van der Waals surface area contributed by atoms with E-state index in [4.69, 9.17) is 16.3 Å². The smallest absolute Gasteiger partial charge is 0.395 e. The Balaban J connectivity index is 1.66. The minimum atomic E-state index is -3.74. The molecule has 0 atom stereocenters. The highest BCUT2D eigenvalue weighted by atomic mass is 32.2. The number of halogens is 2. The number of nitrogens with zero attached hydrogens (tertiary/aromatic N) is 2. The van der Waals surface area contributed by atoms with Crippen LogP contribution in [0.1, 0.15) is 11.1 Å². The van der Waals surface area contributed by atoms with Crippen molar-refractivity contribution in [2.75, 3.05) is 16.8 Å². The molecule has 0 radical (unpaired) electrons. The molecule has 0 saturated heterocycles. The normalized spacial score (nSPS) is 13.5. The highest BCUT2D eigenvalue weighted by molar-refractivity contribution is 7.99. The Kier molecular flexibility index (Phi) is 4.71. The van der Waals surface area contributed by atoms with Crippen LogP contribution >= 0.6 is 11.8 Å². The van der Waals surface area contributed by atoms with E-state index in [0.29, 0.717) is 5.03 Å². The quantitative estimate of drug-likeness (QED) is 0.761. The van der Waals surface area contributed by atoms with Crippen LogP contribution < -0.4 is 25.5 Å². The Bertz CT molecular complexity index is 1020. The molecule has 0 unspecified atom stereocenters. The number of carbonyl (C=O) groups is 1. The SMILES string of the molecule is N#Cc1cc(C#N)c(SCC(=O)Nc2ccc3c(c2)OC(F)(F)O3)[nH+]c1N. The fraction of sp³-hybridized carbons (Fsp3) is 0.125. The summed E-state index contributed by atoms with van der Waals surface area (Å²) in [7, 11) is 0. The first-order valence-electron chi connectivity index (χ1n) is 7.30. The summed E-state index contributed by atoms with van der Waals surface area (Å²) in [5.74, 6) is -0.790. The molecule has 11 heteroatoms.